The van der Waals surface area contributed by atoms with Crippen LogP contribution in [0.15, 0.2) is 12.1 Å². The van der Waals surface area contributed by atoms with Crippen LogP contribution in [0.2, 0.25) is 0 Å². The Kier molecular flexibility index (Phi) is 6.20. The van der Waals surface area contributed by atoms with Gasteiger partial charge in [0, 0.05) is 19.8 Å². The van der Waals surface area contributed by atoms with Gasteiger partial charge in [0.15, 0.2) is 0 Å². The van der Waals surface area contributed by atoms with Crippen molar-refractivity contribution in [2.75, 3.05) is 13.2 Å². The first-order valence-electron chi connectivity index (χ1n) is 7.14. The van der Waals surface area contributed by atoms with Gasteiger partial charge in [-0.1, -0.05) is 17.7 Å². The van der Waals surface area contributed by atoms with Gasteiger partial charge >= 0.3 is 0 Å². The van der Waals surface area contributed by atoms with E-state index in [-0.39, 0.29) is 18.3 Å². The van der Waals surface area contributed by atoms with Crippen molar-refractivity contribution in [1.29, 1.82) is 0 Å². The number of benzene rings is 1. The zero-order valence-corrected chi connectivity index (χ0v) is 13.8. The second kappa shape index (κ2) is 7.25. The first-order chi connectivity index (χ1) is 9.42. The highest BCUT2D eigenvalue weighted by atomic mass is 35.5. The molecule has 1 aromatic rings. The van der Waals surface area contributed by atoms with E-state index in [1.54, 1.807) is 0 Å². The molecule has 3 N–H and O–H groups in total. The fraction of sp³-hybridized carbons (Fsp3) is 0.562. The number of aryl methyl sites for hydroxylation is 3. The highest BCUT2D eigenvalue weighted by Crippen LogP contribution is 2.19. The predicted octanol–water partition coefficient (Wildman–Crippen LogP) is 2.16. The molecule has 0 aliphatic carbocycles. The highest BCUT2D eigenvalue weighted by molar-refractivity contribution is 5.86. The Bertz CT molecular complexity index is 488. The van der Waals surface area contributed by atoms with Gasteiger partial charge < -0.3 is 15.8 Å². The summed E-state index contributed by atoms with van der Waals surface area (Å²) in [5, 5.41) is 2.99. The maximum atomic E-state index is 12.3. The SMILES string of the molecule is Cc1cc(C)c(CNC(=O)C2(N)CCOCC2)c(C)c1.Cl. The van der Waals surface area contributed by atoms with Crippen LogP contribution in [-0.2, 0) is 16.1 Å². The lowest BCUT2D eigenvalue weighted by atomic mass is 9.90. The van der Waals surface area contributed by atoms with Crippen LogP contribution in [0.3, 0.4) is 0 Å². The van der Waals surface area contributed by atoms with E-state index in [1.807, 2.05) is 0 Å². The first kappa shape index (κ1) is 18.0. The van der Waals surface area contributed by atoms with Crippen molar-refractivity contribution in [1.82, 2.24) is 5.32 Å². The lowest BCUT2D eigenvalue weighted by molar-refractivity contribution is -0.129. The standard InChI is InChI=1S/C16H24N2O2.ClH/c1-11-8-12(2)14(13(3)9-11)10-18-15(19)16(17)4-6-20-7-5-16;/h8-9H,4-7,10,17H2,1-3H3,(H,18,19);1H. The lowest BCUT2D eigenvalue weighted by Gasteiger charge is -2.32. The van der Waals surface area contributed by atoms with Crippen molar-refractivity contribution in [2.24, 2.45) is 5.73 Å². The second-order valence-corrected chi connectivity index (χ2v) is 5.83. The van der Waals surface area contributed by atoms with Gasteiger partial charge in [-0.2, -0.15) is 0 Å². The van der Waals surface area contributed by atoms with Gasteiger partial charge in [0.1, 0.15) is 0 Å². The minimum absolute atomic E-state index is 0. The number of nitrogens with two attached hydrogens (primary N) is 1. The summed E-state index contributed by atoms with van der Waals surface area (Å²) in [6.45, 7) is 7.90. The molecule has 0 spiro atoms. The molecule has 118 valence electrons. The van der Waals surface area contributed by atoms with E-state index >= 15 is 0 Å². The van der Waals surface area contributed by atoms with E-state index in [4.69, 9.17) is 10.5 Å². The predicted molar refractivity (Wildman–Crippen MR) is 86.7 cm³/mol. The van der Waals surface area contributed by atoms with Gasteiger partial charge in [-0.25, -0.2) is 0 Å². The van der Waals surface area contributed by atoms with Crippen LogP contribution < -0.4 is 11.1 Å². The topological polar surface area (TPSA) is 64.4 Å². The van der Waals surface area contributed by atoms with Crippen molar-refractivity contribution in [2.45, 2.75) is 45.7 Å². The number of nitrogens with one attached hydrogen (secondary N) is 1. The third kappa shape index (κ3) is 4.19. The minimum atomic E-state index is -0.773. The second-order valence-electron chi connectivity index (χ2n) is 5.83. The van der Waals surface area contributed by atoms with Crippen molar-refractivity contribution < 1.29 is 9.53 Å². The van der Waals surface area contributed by atoms with E-state index in [9.17, 15) is 4.79 Å². The molecule has 0 saturated carbocycles. The van der Waals surface area contributed by atoms with Crippen LogP contribution in [0.5, 0.6) is 0 Å². The molecule has 1 amide bonds. The summed E-state index contributed by atoms with van der Waals surface area (Å²) in [6.07, 6.45) is 1.18. The Balaban J connectivity index is 0.00000220. The number of halogens is 1. The molecule has 1 aromatic carbocycles. The zero-order chi connectivity index (χ0) is 14.8. The highest BCUT2D eigenvalue weighted by Gasteiger charge is 2.35. The molecule has 1 aliphatic rings. The molecule has 0 aromatic heterocycles. The van der Waals surface area contributed by atoms with E-state index in [0.717, 1.165) is 0 Å². The molecule has 1 aliphatic heterocycles. The molecular formula is C16H25ClN2O2. The fourth-order valence-corrected chi connectivity index (χ4v) is 2.80. The number of amides is 1. The fourth-order valence-electron chi connectivity index (χ4n) is 2.80. The largest absolute Gasteiger partial charge is 0.381 e. The quantitative estimate of drug-likeness (QED) is 0.899. The molecule has 1 saturated heterocycles. The number of rotatable bonds is 3. The Labute approximate surface area is 132 Å². The Morgan fingerprint density at radius 1 is 1.24 bits per heavy atom. The third-order valence-electron chi connectivity index (χ3n) is 4.10. The number of carbonyl (C=O) groups is 1. The van der Waals surface area contributed by atoms with E-state index in [0.29, 0.717) is 32.6 Å². The minimum Gasteiger partial charge on any atom is -0.381 e. The maximum Gasteiger partial charge on any atom is 0.240 e. The third-order valence-corrected chi connectivity index (χ3v) is 4.10. The molecule has 1 fully saturated rings. The van der Waals surface area contributed by atoms with Crippen LogP contribution in [0.25, 0.3) is 0 Å². The van der Waals surface area contributed by atoms with Crippen molar-refractivity contribution >= 4 is 18.3 Å². The molecule has 21 heavy (non-hydrogen) atoms. The monoisotopic (exact) mass is 312 g/mol. The van der Waals surface area contributed by atoms with Crippen molar-refractivity contribution in [3.8, 4) is 0 Å². The van der Waals surface area contributed by atoms with Crippen LogP contribution in [-0.4, -0.2) is 24.7 Å². The number of ether oxygens (including phenoxy) is 1. The molecule has 0 radical (unpaired) electrons. The Hall–Kier alpha value is -1.10. The van der Waals surface area contributed by atoms with Gasteiger partial charge in [0.25, 0.3) is 0 Å². The van der Waals surface area contributed by atoms with Gasteiger partial charge in [-0.05, 0) is 50.3 Å². The normalized spacial score (nSPS) is 17.0. The number of carbonyl (C=O) groups excluding carboxylic acids is 1. The summed E-state index contributed by atoms with van der Waals surface area (Å²) in [5.74, 6) is -0.0693. The van der Waals surface area contributed by atoms with Crippen LogP contribution >= 0.6 is 12.4 Å². The van der Waals surface area contributed by atoms with Crippen molar-refractivity contribution in [3.05, 3.63) is 34.4 Å². The molecule has 2 rings (SSSR count). The summed E-state index contributed by atoms with van der Waals surface area (Å²) in [5.41, 5.74) is 10.2. The van der Waals surface area contributed by atoms with E-state index in [1.165, 1.54) is 22.3 Å². The molecular weight excluding hydrogens is 288 g/mol. The summed E-state index contributed by atoms with van der Waals surface area (Å²) in [7, 11) is 0. The molecule has 0 atom stereocenters. The molecule has 0 unspecified atom stereocenters. The smallest absolute Gasteiger partial charge is 0.240 e. The first-order valence-corrected chi connectivity index (χ1v) is 7.14. The van der Waals surface area contributed by atoms with E-state index in [2.05, 4.69) is 38.2 Å². The Morgan fingerprint density at radius 3 is 2.29 bits per heavy atom. The van der Waals surface area contributed by atoms with Gasteiger partial charge in [0.05, 0.1) is 5.54 Å². The van der Waals surface area contributed by atoms with Crippen LogP contribution in [0.4, 0.5) is 0 Å². The average molecular weight is 313 g/mol. The zero-order valence-electron chi connectivity index (χ0n) is 13.0. The summed E-state index contributed by atoms with van der Waals surface area (Å²) in [6, 6.07) is 4.28. The van der Waals surface area contributed by atoms with E-state index < -0.39 is 5.54 Å². The molecule has 1 heterocycles. The molecule has 5 heteroatoms. The maximum absolute atomic E-state index is 12.3. The molecule has 4 nitrogen and oxygen atoms in total. The number of hydrogen-bond donors (Lipinski definition) is 2. The lowest BCUT2D eigenvalue weighted by Crippen LogP contribution is -2.56. The van der Waals surface area contributed by atoms with Gasteiger partial charge in [-0.15, -0.1) is 12.4 Å². The summed E-state index contributed by atoms with van der Waals surface area (Å²) >= 11 is 0. The molecule has 0 bridgehead atoms. The van der Waals surface area contributed by atoms with Crippen LogP contribution in [0.1, 0.15) is 35.1 Å². The number of hydrogen-bond acceptors (Lipinski definition) is 3. The Morgan fingerprint density at radius 2 is 1.76 bits per heavy atom. The summed E-state index contributed by atoms with van der Waals surface area (Å²) in [4.78, 5) is 12.3. The summed E-state index contributed by atoms with van der Waals surface area (Å²) < 4.78 is 5.27. The van der Waals surface area contributed by atoms with Crippen LogP contribution in [0, 0.1) is 20.8 Å². The van der Waals surface area contributed by atoms with Crippen molar-refractivity contribution in [3.63, 3.8) is 0 Å². The van der Waals surface area contributed by atoms with Gasteiger partial charge in [0.2, 0.25) is 5.91 Å². The van der Waals surface area contributed by atoms with Gasteiger partial charge in [-0.3, -0.25) is 4.79 Å². The average Bonchev–Trinajstić information content (AvgIpc) is 2.38.